The van der Waals surface area contributed by atoms with Crippen LogP contribution in [-0.2, 0) is 11.3 Å². The van der Waals surface area contributed by atoms with Crippen molar-refractivity contribution < 1.29 is 24.2 Å². The van der Waals surface area contributed by atoms with Crippen molar-refractivity contribution in [1.82, 2.24) is 14.9 Å². The van der Waals surface area contributed by atoms with Crippen molar-refractivity contribution in [3.63, 3.8) is 0 Å². The van der Waals surface area contributed by atoms with Gasteiger partial charge in [-0.25, -0.2) is 14.8 Å². The molecule has 1 aromatic carbocycles. The Morgan fingerprint density at radius 1 is 1.09 bits per heavy atom. The van der Waals surface area contributed by atoms with Crippen LogP contribution in [0.15, 0.2) is 24.5 Å². The Kier molecular flexibility index (Phi) is 5.89. The average Bonchev–Trinajstić information content (AvgIpc) is 2.82. The molecule has 170 valence electrons. The molecule has 32 heavy (non-hydrogen) atoms. The summed E-state index contributed by atoms with van der Waals surface area (Å²) in [4.78, 5) is 39.9. The summed E-state index contributed by atoms with van der Waals surface area (Å²) in [6, 6.07) is 5.57. The fraction of sp³-hybridized carbons (Fsp3) is 0.429. The lowest BCUT2D eigenvalue weighted by atomic mass is 10.1. The van der Waals surface area contributed by atoms with Crippen molar-refractivity contribution in [3.05, 3.63) is 30.1 Å². The molecule has 3 heterocycles. The molecule has 1 aromatic heterocycles. The summed E-state index contributed by atoms with van der Waals surface area (Å²) >= 11 is 0. The summed E-state index contributed by atoms with van der Waals surface area (Å²) in [5.74, 6) is 2.55. The van der Waals surface area contributed by atoms with E-state index in [1.807, 2.05) is 28.0 Å². The number of hydrogen-bond donors (Lipinski definition) is 1. The molecule has 0 bridgehead atoms. The summed E-state index contributed by atoms with van der Waals surface area (Å²) in [5, 5.41) is 9.22. The van der Waals surface area contributed by atoms with E-state index in [-0.39, 0.29) is 12.5 Å². The maximum atomic E-state index is 12.9. The van der Waals surface area contributed by atoms with E-state index in [1.165, 1.54) is 11.2 Å². The van der Waals surface area contributed by atoms with Crippen LogP contribution in [-0.4, -0.2) is 86.0 Å². The van der Waals surface area contributed by atoms with Gasteiger partial charge in [0, 0.05) is 51.4 Å². The first kappa shape index (κ1) is 21.5. The number of amides is 2. The molecular weight excluding hydrogens is 416 g/mol. The Morgan fingerprint density at radius 2 is 1.81 bits per heavy atom. The Hall–Kier alpha value is -3.76. The third-order valence-electron chi connectivity index (χ3n) is 5.82. The number of methoxy groups -OCH3 is 2. The van der Waals surface area contributed by atoms with Crippen LogP contribution in [0.2, 0.25) is 0 Å². The Bertz CT molecular complexity index is 1020. The van der Waals surface area contributed by atoms with Gasteiger partial charge in [-0.05, 0) is 12.1 Å². The number of benzene rings is 1. The number of hydrogen-bond acceptors (Lipinski definition) is 8. The van der Waals surface area contributed by atoms with Gasteiger partial charge < -0.3 is 34.2 Å². The van der Waals surface area contributed by atoms with Gasteiger partial charge in [0.1, 0.15) is 23.5 Å². The minimum Gasteiger partial charge on any atom is -0.497 e. The number of aromatic nitrogens is 2. The summed E-state index contributed by atoms with van der Waals surface area (Å²) in [5.41, 5.74) is 1.52. The second-order valence-electron chi connectivity index (χ2n) is 7.61. The number of ether oxygens (including phenoxy) is 2. The Morgan fingerprint density at radius 3 is 2.47 bits per heavy atom. The van der Waals surface area contributed by atoms with E-state index in [0.717, 1.165) is 5.56 Å². The molecule has 0 atom stereocenters. The smallest absolute Gasteiger partial charge is 0.407 e. The second-order valence-corrected chi connectivity index (χ2v) is 7.61. The van der Waals surface area contributed by atoms with Crippen LogP contribution >= 0.6 is 0 Å². The number of carbonyl (C=O) groups excluding carboxylic acids is 1. The molecule has 0 saturated carbocycles. The monoisotopic (exact) mass is 442 g/mol. The van der Waals surface area contributed by atoms with Crippen molar-refractivity contribution in [2.24, 2.45) is 0 Å². The third-order valence-corrected chi connectivity index (χ3v) is 5.82. The normalized spacial score (nSPS) is 16.2. The van der Waals surface area contributed by atoms with Crippen LogP contribution in [0.3, 0.4) is 0 Å². The highest BCUT2D eigenvalue weighted by Gasteiger charge is 2.34. The highest BCUT2D eigenvalue weighted by molar-refractivity contribution is 6.05. The molecule has 2 aromatic rings. The molecule has 2 aliphatic heterocycles. The molecule has 11 heteroatoms. The van der Waals surface area contributed by atoms with Crippen LogP contribution in [0.4, 0.5) is 22.1 Å². The molecule has 0 spiro atoms. The van der Waals surface area contributed by atoms with Gasteiger partial charge in [0.15, 0.2) is 11.6 Å². The van der Waals surface area contributed by atoms with Crippen LogP contribution in [0.25, 0.3) is 0 Å². The van der Waals surface area contributed by atoms with Crippen LogP contribution in [0.1, 0.15) is 5.56 Å². The van der Waals surface area contributed by atoms with Gasteiger partial charge in [-0.15, -0.1) is 0 Å². The predicted octanol–water partition coefficient (Wildman–Crippen LogP) is 1.28. The number of carbonyl (C=O) groups is 2. The lowest BCUT2D eigenvalue weighted by molar-refractivity contribution is -0.117. The zero-order valence-corrected chi connectivity index (χ0v) is 18.3. The van der Waals surface area contributed by atoms with Crippen molar-refractivity contribution in [1.29, 1.82) is 0 Å². The van der Waals surface area contributed by atoms with Gasteiger partial charge in [-0.1, -0.05) is 0 Å². The van der Waals surface area contributed by atoms with E-state index < -0.39 is 6.09 Å². The first-order valence-electron chi connectivity index (χ1n) is 10.2. The lowest BCUT2D eigenvalue weighted by Crippen LogP contribution is -2.50. The quantitative estimate of drug-likeness (QED) is 0.732. The zero-order chi connectivity index (χ0) is 22.8. The summed E-state index contributed by atoms with van der Waals surface area (Å²) < 4.78 is 10.8. The van der Waals surface area contributed by atoms with Gasteiger partial charge in [-0.2, -0.15) is 0 Å². The number of likely N-dealkylation sites (N-methyl/N-ethyl adjacent to an activating group) is 1. The third kappa shape index (κ3) is 3.93. The van der Waals surface area contributed by atoms with Crippen LogP contribution < -0.4 is 24.2 Å². The summed E-state index contributed by atoms with van der Waals surface area (Å²) in [6.07, 6.45) is 0.556. The fourth-order valence-electron chi connectivity index (χ4n) is 4.02. The first-order valence-corrected chi connectivity index (χ1v) is 10.2. The number of nitrogens with zero attached hydrogens (tertiary/aromatic N) is 6. The van der Waals surface area contributed by atoms with Crippen molar-refractivity contribution >= 4 is 29.3 Å². The average molecular weight is 442 g/mol. The van der Waals surface area contributed by atoms with Gasteiger partial charge >= 0.3 is 6.09 Å². The standard InChI is InChI=1S/C21H26N6O5/c1-24-17(28)12-27(11-14-4-5-15(31-2)10-16(14)32-3)20-18(24)19(22-13-23-20)25-6-8-26(9-7-25)21(29)30/h4-5,10,13H,6-9,11-12H2,1-3H3,(H,29,30). The van der Waals surface area contributed by atoms with Gasteiger partial charge in [0.05, 0.1) is 20.8 Å². The van der Waals surface area contributed by atoms with Crippen molar-refractivity contribution in [2.75, 3.05) is 68.7 Å². The summed E-state index contributed by atoms with van der Waals surface area (Å²) in [7, 11) is 4.91. The SMILES string of the molecule is COc1ccc(CN2CC(=O)N(C)c3c(N4CCN(C(=O)O)CC4)ncnc32)c(OC)c1. The molecular formula is C21H26N6O5. The van der Waals surface area contributed by atoms with E-state index in [0.29, 0.717) is 61.5 Å². The number of anilines is 3. The minimum absolute atomic E-state index is 0.0785. The molecule has 1 fully saturated rings. The van der Waals surface area contributed by atoms with Gasteiger partial charge in [0.25, 0.3) is 0 Å². The molecule has 1 saturated heterocycles. The molecule has 2 aliphatic rings. The molecule has 0 radical (unpaired) electrons. The van der Waals surface area contributed by atoms with E-state index >= 15 is 0 Å². The van der Waals surface area contributed by atoms with Crippen molar-refractivity contribution in [3.8, 4) is 11.5 Å². The number of piperazine rings is 1. The van der Waals surface area contributed by atoms with Gasteiger partial charge in [-0.3, -0.25) is 4.79 Å². The minimum atomic E-state index is -0.929. The first-order chi connectivity index (χ1) is 15.4. The maximum Gasteiger partial charge on any atom is 0.407 e. The lowest BCUT2D eigenvalue weighted by Gasteiger charge is -2.39. The molecule has 1 N–H and O–H groups in total. The number of carboxylic acid groups (broad SMARTS) is 1. The molecule has 2 amide bonds. The Labute approximate surface area is 185 Å². The predicted molar refractivity (Wildman–Crippen MR) is 118 cm³/mol. The maximum absolute atomic E-state index is 12.9. The van der Waals surface area contributed by atoms with Crippen LogP contribution in [0, 0.1) is 0 Å². The topological polar surface area (TPSA) is 112 Å². The molecule has 0 aliphatic carbocycles. The molecule has 11 nitrogen and oxygen atoms in total. The largest absolute Gasteiger partial charge is 0.497 e. The molecule has 4 rings (SSSR count). The highest BCUT2D eigenvalue weighted by Crippen LogP contribution is 2.39. The van der Waals surface area contributed by atoms with E-state index in [4.69, 9.17) is 9.47 Å². The fourth-order valence-corrected chi connectivity index (χ4v) is 4.02. The van der Waals surface area contributed by atoms with Gasteiger partial charge in [0.2, 0.25) is 5.91 Å². The molecule has 0 unspecified atom stereocenters. The number of fused-ring (bicyclic) bond motifs is 1. The van der Waals surface area contributed by atoms with E-state index in [2.05, 4.69) is 9.97 Å². The zero-order valence-electron chi connectivity index (χ0n) is 18.3. The summed E-state index contributed by atoms with van der Waals surface area (Å²) in [6.45, 7) is 2.32. The van der Waals surface area contributed by atoms with Crippen molar-refractivity contribution in [2.45, 2.75) is 6.54 Å². The Balaban J connectivity index is 1.66. The highest BCUT2D eigenvalue weighted by atomic mass is 16.5. The van der Waals surface area contributed by atoms with E-state index in [1.54, 1.807) is 26.2 Å². The van der Waals surface area contributed by atoms with Crippen LogP contribution in [0.5, 0.6) is 11.5 Å². The second kappa shape index (κ2) is 8.77. The van der Waals surface area contributed by atoms with E-state index in [9.17, 15) is 14.7 Å². The number of rotatable bonds is 5.